The Morgan fingerprint density at radius 1 is 0.889 bits per heavy atom. The molecule has 2 unspecified atom stereocenters. The van der Waals surface area contributed by atoms with E-state index in [4.69, 9.17) is 9.47 Å². The van der Waals surface area contributed by atoms with Gasteiger partial charge in [-0.25, -0.2) is 0 Å². The van der Waals surface area contributed by atoms with Crippen LogP contribution in [-0.4, -0.2) is 38.0 Å². The van der Waals surface area contributed by atoms with Gasteiger partial charge >= 0.3 is 0 Å². The summed E-state index contributed by atoms with van der Waals surface area (Å²) in [7, 11) is 0. The summed E-state index contributed by atoms with van der Waals surface area (Å²) in [6.07, 6.45) is 10.5. The van der Waals surface area contributed by atoms with E-state index in [1.807, 2.05) is 0 Å². The van der Waals surface area contributed by atoms with Crippen LogP contribution in [0.1, 0.15) is 51.4 Å². The van der Waals surface area contributed by atoms with Crippen molar-refractivity contribution in [3.63, 3.8) is 0 Å². The number of hydrogen-bond acceptors (Lipinski definition) is 3. The molecular formula is C15H27NO2. The molecule has 2 saturated heterocycles. The van der Waals surface area contributed by atoms with Crippen LogP contribution in [0, 0.1) is 5.92 Å². The normalized spacial score (nSPS) is 39.7. The number of rotatable bonds is 1. The maximum absolute atomic E-state index is 6.31. The fourth-order valence-corrected chi connectivity index (χ4v) is 4.21. The Morgan fingerprint density at radius 2 is 1.78 bits per heavy atom. The molecule has 3 aliphatic rings. The van der Waals surface area contributed by atoms with E-state index in [-0.39, 0.29) is 5.60 Å². The third-order valence-electron chi connectivity index (χ3n) is 5.10. The molecule has 0 aromatic carbocycles. The second-order valence-electron chi connectivity index (χ2n) is 6.21. The number of hydrogen-bond donors (Lipinski definition) is 1. The van der Waals surface area contributed by atoms with Gasteiger partial charge in [0.15, 0.2) is 0 Å². The molecule has 0 aromatic rings. The third kappa shape index (κ3) is 2.59. The minimum absolute atomic E-state index is 0.0801. The molecule has 3 rings (SSSR count). The zero-order valence-electron chi connectivity index (χ0n) is 11.5. The van der Waals surface area contributed by atoms with E-state index in [2.05, 4.69) is 5.32 Å². The molecule has 0 bridgehead atoms. The first-order valence-corrected chi connectivity index (χ1v) is 7.86. The maximum atomic E-state index is 6.31. The van der Waals surface area contributed by atoms with E-state index < -0.39 is 0 Å². The van der Waals surface area contributed by atoms with Crippen LogP contribution in [0.15, 0.2) is 0 Å². The van der Waals surface area contributed by atoms with Crippen molar-refractivity contribution in [2.24, 2.45) is 5.92 Å². The van der Waals surface area contributed by atoms with Crippen LogP contribution in [0.3, 0.4) is 0 Å². The molecule has 3 nitrogen and oxygen atoms in total. The van der Waals surface area contributed by atoms with Gasteiger partial charge in [-0.2, -0.15) is 0 Å². The second-order valence-corrected chi connectivity index (χ2v) is 6.21. The fraction of sp³-hybridized carbons (Fsp3) is 1.00. The summed E-state index contributed by atoms with van der Waals surface area (Å²) in [6.45, 7) is 3.71. The Kier molecular flexibility index (Phi) is 4.22. The van der Waals surface area contributed by atoms with Gasteiger partial charge in [-0.1, -0.05) is 19.3 Å². The smallest absolute Gasteiger partial charge is 0.0860 e. The van der Waals surface area contributed by atoms with E-state index in [9.17, 15) is 0 Å². The number of morpholine rings is 1. The van der Waals surface area contributed by atoms with Crippen LogP contribution in [0.4, 0.5) is 0 Å². The molecule has 0 amide bonds. The lowest BCUT2D eigenvalue weighted by Gasteiger charge is -2.48. The Morgan fingerprint density at radius 3 is 2.67 bits per heavy atom. The molecule has 0 aromatic heterocycles. The lowest BCUT2D eigenvalue weighted by atomic mass is 9.73. The van der Waals surface area contributed by atoms with Crippen LogP contribution in [0.25, 0.3) is 0 Å². The van der Waals surface area contributed by atoms with E-state index in [1.54, 1.807) is 0 Å². The molecule has 0 radical (unpaired) electrons. The molecule has 1 spiro atoms. The molecule has 1 N–H and O–H groups in total. The van der Waals surface area contributed by atoms with Crippen molar-refractivity contribution in [1.29, 1.82) is 0 Å². The van der Waals surface area contributed by atoms with Crippen molar-refractivity contribution in [1.82, 2.24) is 5.32 Å². The second kappa shape index (κ2) is 5.89. The molecule has 1 saturated carbocycles. The first-order valence-electron chi connectivity index (χ1n) is 7.86. The van der Waals surface area contributed by atoms with Gasteiger partial charge in [0, 0.05) is 32.2 Å². The highest BCUT2D eigenvalue weighted by Gasteiger charge is 2.45. The molecule has 3 heteroatoms. The van der Waals surface area contributed by atoms with Gasteiger partial charge in [0.05, 0.1) is 12.2 Å². The fourth-order valence-electron chi connectivity index (χ4n) is 4.21. The Hall–Kier alpha value is -0.120. The summed E-state index contributed by atoms with van der Waals surface area (Å²) in [6, 6.07) is 0.577. The molecule has 1 aliphatic carbocycles. The van der Waals surface area contributed by atoms with Crippen molar-refractivity contribution in [2.45, 2.75) is 63.0 Å². The Balaban J connectivity index is 1.75. The van der Waals surface area contributed by atoms with Gasteiger partial charge in [-0.3, -0.25) is 0 Å². The zero-order valence-corrected chi connectivity index (χ0v) is 11.5. The molecular weight excluding hydrogens is 226 g/mol. The van der Waals surface area contributed by atoms with Gasteiger partial charge in [-0.15, -0.1) is 0 Å². The van der Waals surface area contributed by atoms with E-state index >= 15 is 0 Å². The van der Waals surface area contributed by atoms with Crippen LogP contribution < -0.4 is 5.32 Å². The predicted octanol–water partition coefficient (Wildman–Crippen LogP) is 2.49. The SMILES string of the molecule is C1CCC(C2NCCOC23CCCOCC3)CC1. The zero-order chi connectivity index (χ0) is 12.3. The molecule has 18 heavy (non-hydrogen) atoms. The summed E-state index contributed by atoms with van der Waals surface area (Å²) in [5, 5.41) is 3.80. The van der Waals surface area contributed by atoms with Crippen LogP contribution in [-0.2, 0) is 9.47 Å². The Labute approximate surface area is 111 Å². The predicted molar refractivity (Wildman–Crippen MR) is 71.7 cm³/mol. The standard InChI is InChI=1S/C15H27NO2/c1-2-5-13(6-3-1)14-15(18-12-9-16-14)7-4-10-17-11-8-15/h13-14,16H,1-12H2. The van der Waals surface area contributed by atoms with Crippen molar-refractivity contribution in [3.8, 4) is 0 Å². The van der Waals surface area contributed by atoms with Crippen molar-refractivity contribution >= 4 is 0 Å². The molecule has 2 heterocycles. The van der Waals surface area contributed by atoms with Gasteiger partial charge in [0.25, 0.3) is 0 Å². The topological polar surface area (TPSA) is 30.5 Å². The van der Waals surface area contributed by atoms with Gasteiger partial charge in [0.1, 0.15) is 0 Å². The number of ether oxygens (including phenoxy) is 2. The average molecular weight is 253 g/mol. The van der Waals surface area contributed by atoms with E-state index in [0.717, 1.165) is 45.1 Å². The first-order chi connectivity index (χ1) is 8.91. The summed E-state index contributed by atoms with van der Waals surface area (Å²) in [4.78, 5) is 0. The largest absolute Gasteiger partial charge is 0.381 e. The van der Waals surface area contributed by atoms with Crippen molar-refractivity contribution in [3.05, 3.63) is 0 Å². The first kappa shape index (κ1) is 12.9. The maximum Gasteiger partial charge on any atom is 0.0860 e. The van der Waals surface area contributed by atoms with E-state index in [0.29, 0.717) is 6.04 Å². The van der Waals surface area contributed by atoms with Crippen molar-refractivity contribution < 1.29 is 9.47 Å². The minimum Gasteiger partial charge on any atom is -0.381 e. The van der Waals surface area contributed by atoms with E-state index in [1.165, 1.54) is 38.5 Å². The van der Waals surface area contributed by atoms with Crippen LogP contribution in [0.5, 0.6) is 0 Å². The quantitative estimate of drug-likeness (QED) is 0.779. The molecule has 2 atom stereocenters. The summed E-state index contributed by atoms with van der Waals surface area (Å²) in [5.41, 5.74) is 0.0801. The summed E-state index contributed by atoms with van der Waals surface area (Å²) in [5.74, 6) is 0.831. The highest BCUT2D eigenvalue weighted by Crippen LogP contribution is 2.39. The molecule has 3 fully saturated rings. The van der Waals surface area contributed by atoms with Gasteiger partial charge in [-0.05, 0) is 31.6 Å². The molecule has 2 aliphatic heterocycles. The monoisotopic (exact) mass is 253 g/mol. The van der Waals surface area contributed by atoms with Gasteiger partial charge in [0.2, 0.25) is 0 Å². The van der Waals surface area contributed by atoms with Crippen LogP contribution >= 0.6 is 0 Å². The number of nitrogens with one attached hydrogen (secondary N) is 1. The molecule has 104 valence electrons. The van der Waals surface area contributed by atoms with Crippen LogP contribution in [0.2, 0.25) is 0 Å². The summed E-state index contributed by atoms with van der Waals surface area (Å²) < 4.78 is 12.0. The Bertz CT molecular complexity index is 255. The third-order valence-corrected chi connectivity index (χ3v) is 5.10. The highest BCUT2D eigenvalue weighted by atomic mass is 16.5. The van der Waals surface area contributed by atoms with Crippen molar-refractivity contribution in [2.75, 3.05) is 26.4 Å². The lowest BCUT2D eigenvalue weighted by molar-refractivity contribution is -0.123. The lowest BCUT2D eigenvalue weighted by Crippen LogP contribution is -2.61. The minimum atomic E-state index is 0.0801. The highest BCUT2D eigenvalue weighted by molar-refractivity contribution is 5.00. The summed E-state index contributed by atoms with van der Waals surface area (Å²) >= 11 is 0. The van der Waals surface area contributed by atoms with Gasteiger partial charge < -0.3 is 14.8 Å². The average Bonchev–Trinajstić information content (AvgIpc) is 2.67.